The second kappa shape index (κ2) is 3.18. The zero-order valence-electron chi connectivity index (χ0n) is 8.40. The Bertz CT molecular complexity index is 664. The zero-order chi connectivity index (χ0) is 11.3. The quantitative estimate of drug-likeness (QED) is 0.778. The van der Waals surface area contributed by atoms with E-state index in [-0.39, 0.29) is 16.4 Å². The van der Waals surface area contributed by atoms with E-state index in [2.05, 4.69) is 9.97 Å². The number of nitrogens with zero attached hydrogens (tertiary/aromatic N) is 2. The summed E-state index contributed by atoms with van der Waals surface area (Å²) in [6, 6.07) is 0. The van der Waals surface area contributed by atoms with Crippen molar-refractivity contribution >= 4 is 27.6 Å². The maximum Gasteiger partial charge on any atom is 0.309 e. The lowest BCUT2D eigenvalue weighted by molar-refractivity contribution is 0.632. The Hall–Kier alpha value is -1.63. The van der Waals surface area contributed by atoms with Crippen LogP contribution in [0.3, 0.4) is 0 Å². The van der Waals surface area contributed by atoms with E-state index in [1.54, 1.807) is 4.57 Å². The predicted molar refractivity (Wildman–Crippen MR) is 61.6 cm³/mol. The summed E-state index contributed by atoms with van der Waals surface area (Å²) in [5.41, 5.74) is 5.56. The molecule has 0 atom stereocenters. The molecule has 0 spiro atoms. The molecule has 2 aromatic rings. The Balaban J connectivity index is 2.29. The highest BCUT2D eigenvalue weighted by molar-refractivity contribution is 7.16. The molecule has 1 saturated carbocycles. The molecule has 16 heavy (non-hydrogen) atoms. The zero-order valence-corrected chi connectivity index (χ0v) is 9.21. The van der Waals surface area contributed by atoms with Gasteiger partial charge in [0.15, 0.2) is 5.65 Å². The smallest absolute Gasteiger partial charge is 0.309 e. The lowest BCUT2D eigenvalue weighted by Gasteiger charge is -2.00. The normalized spacial score (nSPS) is 15.8. The third-order valence-corrected chi connectivity index (χ3v) is 3.65. The van der Waals surface area contributed by atoms with E-state index in [0.29, 0.717) is 22.8 Å². The van der Waals surface area contributed by atoms with E-state index in [4.69, 9.17) is 5.73 Å². The van der Waals surface area contributed by atoms with Crippen molar-refractivity contribution in [3.05, 3.63) is 20.0 Å². The lowest BCUT2D eigenvalue weighted by atomic mass is 10.4. The molecule has 0 radical (unpaired) electrons. The lowest BCUT2D eigenvalue weighted by Crippen LogP contribution is -2.16. The third-order valence-electron chi connectivity index (χ3n) is 2.68. The summed E-state index contributed by atoms with van der Waals surface area (Å²) in [5.74, 6) is 0.609. The number of H-pyrrole nitrogens is 1. The molecule has 0 aromatic carbocycles. The highest BCUT2D eigenvalue weighted by atomic mass is 32.1. The van der Waals surface area contributed by atoms with Crippen LogP contribution < -0.4 is 16.2 Å². The number of nitrogen functional groups attached to an aromatic ring is 1. The second-order valence-electron chi connectivity index (χ2n) is 4.03. The first kappa shape index (κ1) is 9.59. The number of nitrogens with two attached hydrogens (primary N) is 1. The fourth-order valence-electron chi connectivity index (χ4n) is 1.69. The molecule has 1 fully saturated rings. The van der Waals surface area contributed by atoms with Crippen LogP contribution in [0.1, 0.15) is 12.8 Å². The van der Waals surface area contributed by atoms with Gasteiger partial charge in [-0.05, 0) is 18.8 Å². The Morgan fingerprint density at radius 1 is 1.50 bits per heavy atom. The average Bonchev–Trinajstić information content (AvgIpc) is 2.96. The minimum atomic E-state index is -0.334. The molecule has 1 aliphatic carbocycles. The summed E-state index contributed by atoms with van der Waals surface area (Å²) in [4.78, 5) is 29.6. The first-order chi connectivity index (χ1) is 7.65. The van der Waals surface area contributed by atoms with Crippen LogP contribution in [0.5, 0.6) is 0 Å². The van der Waals surface area contributed by atoms with Crippen LogP contribution in [0.15, 0.2) is 9.59 Å². The van der Waals surface area contributed by atoms with Gasteiger partial charge in [0.25, 0.3) is 5.56 Å². The number of aromatic nitrogens is 3. The molecule has 0 amide bonds. The van der Waals surface area contributed by atoms with Gasteiger partial charge in [0.2, 0.25) is 5.95 Å². The van der Waals surface area contributed by atoms with Gasteiger partial charge in [0, 0.05) is 6.54 Å². The van der Waals surface area contributed by atoms with Crippen molar-refractivity contribution in [2.75, 3.05) is 5.73 Å². The van der Waals surface area contributed by atoms with Crippen molar-refractivity contribution < 1.29 is 0 Å². The highest BCUT2D eigenvalue weighted by Crippen LogP contribution is 2.31. The number of aromatic amines is 1. The molecule has 2 heterocycles. The molecular weight excluding hydrogens is 228 g/mol. The molecule has 84 valence electrons. The molecule has 7 heteroatoms. The number of rotatable bonds is 2. The molecule has 0 unspecified atom stereocenters. The molecular formula is C9H10N4O2S. The molecule has 1 aliphatic rings. The summed E-state index contributed by atoms with van der Waals surface area (Å²) >= 11 is 0.929. The maximum absolute atomic E-state index is 11.7. The van der Waals surface area contributed by atoms with E-state index in [0.717, 1.165) is 24.2 Å². The highest BCUT2D eigenvalue weighted by Gasteiger charge is 2.24. The molecule has 0 bridgehead atoms. The average molecular weight is 238 g/mol. The predicted octanol–water partition coefficient (Wildman–Crippen LogP) is 0.138. The number of thiazole rings is 1. The summed E-state index contributed by atoms with van der Waals surface area (Å²) in [5, 5.41) is 0. The van der Waals surface area contributed by atoms with Gasteiger partial charge in [-0.1, -0.05) is 11.3 Å². The minimum absolute atomic E-state index is 0.0554. The van der Waals surface area contributed by atoms with Crippen molar-refractivity contribution in [3.63, 3.8) is 0 Å². The molecule has 6 nitrogen and oxygen atoms in total. The first-order valence-corrected chi connectivity index (χ1v) is 5.86. The van der Waals surface area contributed by atoms with Crippen molar-refractivity contribution in [3.8, 4) is 0 Å². The SMILES string of the molecule is Nc1nc2c(sc(=O)n2CC2CC2)c(=O)[nH]1. The topological polar surface area (TPSA) is 93.8 Å². The van der Waals surface area contributed by atoms with E-state index in [9.17, 15) is 9.59 Å². The van der Waals surface area contributed by atoms with E-state index in [1.165, 1.54) is 0 Å². The van der Waals surface area contributed by atoms with Crippen molar-refractivity contribution in [2.24, 2.45) is 5.92 Å². The van der Waals surface area contributed by atoms with Gasteiger partial charge in [-0.25, -0.2) is 0 Å². The standard InChI is InChI=1S/C9H10N4O2S/c10-8-11-6-5(7(14)12-8)16-9(15)13(6)3-4-1-2-4/h4H,1-3H2,(H3,10,11,12,14). The number of hydrogen-bond donors (Lipinski definition) is 2. The Kier molecular flexibility index (Phi) is 1.90. The van der Waals surface area contributed by atoms with Gasteiger partial charge in [0.1, 0.15) is 4.70 Å². The number of anilines is 1. The van der Waals surface area contributed by atoms with Crippen molar-refractivity contribution in [2.45, 2.75) is 19.4 Å². The Morgan fingerprint density at radius 3 is 2.94 bits per heavy atom. The van der Waals surface area contributed by atoms with Crippen molar-refractivity contribution in [1.82, 2.24) is 14.5 Å². The summed E-state index contributed by atoms with van der Waals surface area (Å²) < 4.78 is 1.92. The van der Waals surface area contributed by atoms with E-state index < -0.39 is 0 Å². The van der Waals surface area contributed by atoms with Crippen LogP contribution in [0, 0.1) is 5.92 Å². The minimum Gasteiger partial charge on any atom is -0.369 e. The van der Waals surface area contributed by atoms with Gasteiger partial charge in [-0.2, -0.15) is 4.98 Å². The van der Waals surface area contributed by atoms with Crippen molar-refractivity contribution in [1.29, 1.82) is 0 Å². The van der Waals surface area contributed by atoms with Crippen LogP contribution in [0.4, 0.5) is 5.95 Å². The van der Waals surface area contributed by atoms with Gasteiger partial charge < -0.3 is 5.73 Å². The first-order valence-electron chi connectivity index (χ1n) is 5.04. The number of fused-ring (bicyclic) bond motifs is 1. The largest absolute Gasteiger partial charge is 0.369 e. The van der Waals surface area contributed by atoms with Gasteiger partial charge in [-0.15, -0.1) is 0 Å². The summed E-state index contributed by atoms with van der Waals surface area (Å²) in [7, 11) is 0. The van der Waals surface area contributed by atoms with Crippen LogP contribution in [-0.4, -0.2) is 14.5 Å². The maximum atomic E-state index is 11.7. The van der Waals surface area contributed by atoms with Crippen LogP contribution >= 0.6 is 11.3 Å². The van der Waals surface area contributed by atoms with Crippen LogP contribution in [-0.2, 0) is 6.54 Å². The van der Waals surface area contributed by atoms with Crippen LogP contribution in [0.25, 0.3) is 10.3 Å². The molecule has 0 aliphatic heterocycles. The molecule has 3 N–H and O–H groups in total. The third kappa shape index (κ3) is 1.44. The fraction of sp³-hybridized carbons (Fsp3) is 0.444. The van der Waals surface area contributed by atoms with Gasteiger partial charge in [0.05, 0.1) is 0 Å². The molecule has 0 saturated heterocycles. The van der Waals surface area contributed by atoms with E-state index in [1.807, 2.05) is 0 Å². The van der Waals surface area contributed by atoms with E-state index >= 15 is 0 Å². The number of hydrogen-bond acceptors (Lipinski definition) is 5. The van der Waals surface area contributed by atoms with Gasteiger partial charge >= 0.3 is 4.87 Å². The van der Waals surface area contributed by atoms with Crippen LogP contribution in [0.2, 0.25) is 0 Å². The molecule has 3 rings (SSSR count). The second-order valence-corrected chi connectivity index (χ2v) is 4.99. The van der Waals surface area contributed by atoms with Gasteiger partial charge in [-0.3, -0.25) is 19.1 Å². The summed E-state index contributed by atoms with van der Waals surface area (Å²) in [6.07, 6.45) is 2.28. The Labute approximate surface area is 93.7 Å². The Morgan fingerprint density at radius 2 is 2.25 bits per heavy atom. The monoisotopic (exact) mass is 238 g/mol. The summed E-state index contributed by atoms with van der Waals surface area (Å²) in [6.45, 7) is 0.648. The fourth-order valence-corrected chi connectivity index (χ4v) is 2.53. The number of nitrogens with one attached hydrogen (secondary N) is 1. The molecule has 2 aromatic heterocycles.